The molecular formula is C11H15NO2S. The highest BCUT2D eigenvalue weighted by Crippen LogP contribution is 2.32. The van der Waals surface area contributed by atoms with Crippen molar-refractivity contribution in [3.63, 3.8) is 0 Å². The van der Waals surface area contributed by atoms with Gasteiger partial charge < -0.3 is 5.32 Å². The normalized spacial score (nSPS) is 22.7. The third kappa shape index (κ3) is 1.58. The summed E-state index contributed by atoms with van der Waals surface area (Å²) in [6.07, 6.45) is 0.644. The van der Waals surface area contributed by atoms with Crippen molar-refractivity contribution in [2.75, 3.05) is 13.6 Å². The largest absolute Gasteiger partial charge is 0.318 e. The lowest BCUT2D eigenvalue weighted by atomic mass is 10.0. The van der Waals surface area contributed by atoms with Crippen LogP contribution in [0.4, 0.5) is 0 Å². The summed E-state index contributed by atoms with van der Waals surface area (Å²) in [6, 6.07) is 5.50. The third-order valence-corrected chi connectivity index (χ3v) is 5.18. The van der Waals surface area contributed by atoms with Gasteiger partial charge in [0, 0.05) is 6.54 Å². The van der Waals surface area contributed by atoms with E-state index in [-0.39, 0.29) is 5.25 Å². The molecule has 1 aliphatic heterocycles. The fraction of sp³-hybridized carbons (Fsp3) is 0.455. The summed E-state index contributed by atoms with van der Waals surface area (Å²) >= 11 is 0. The van der Waals surface area contributed by atoms with Crippen molar-refractivity contribution < 1.29 is 8.42 Å². The van der Waals surface area contributed by atoms with E-state index >= 15 is 0 Å². The molecule has 1 unspecified atom stereocenters. The number of rotatable bonds is 2. The average molecular weight is 225 g/mol. The summed E-state index contributed by atoms with van der Waals surface area (Å²) in [6.45, 7) is 2.49. The SMILES string of the molecule is CNCC1Cc2c(C)cccc2S1(=O)=O. The van der Waals surface area contributed by atoms with Crippen LogP contribution in [0.25, 0.3) is 0 Å². The minimum Gasteiger partial charge on any atom is -0.318 e. The Hall–Kier alpha value is -0.870. The first-order valence-electron chi connectivity index (χ1n) is 5.04. The maximum Gasteiger partial charge on any atom is 0.183 e. The second-order valence-electron chi connectivity index (χ2n) is 3.98. The second kappa shape index (κ2) is 3.61. The van der Waals surface area contributed by atoms with E-state index in [9.17, 15) is 8.42 Å². The number of sulfone groups is 1. The van der Waals surface area contributed by atoms with Crippen molar-refractivity contribution in [2.45, 2.75) is 23.5 Å². The summed E-state index contributed by atoms with van der Waals surface area (Å²) in [7, 11) is -1.31. The summed E-state index contributed by atoms with van der Waals surface area (Å²) in [5.74, 6) is 0. The van der Waals surface area contributed by atoms with Gasteiger partial charge in [0.2, 0.25) is 0 Å². The highest BCUT2D eigenvalue weighted by atomic mass is 32.2. The molecule has 0 spiro atoms. The summed E-state index contributed by atoms with van der Waals surface area (Å²) in [5, 5.41) is 2.65. The molecule has 1 aliphatic rings. The van der Waals surface area contributed by atoms with Crippen molar-refractivity contribution in [2.24, 2.45) is 0 Å². The molecule has 0 aliphatic carbocycles. The van der Waals surface area contributed by atoms with Crippen LogP contribution >= 0.6 is 0 Å². The molecule has 1 aromatic carbocycles. The maximum atomic E-state index is 12.1. The van der Waals surface area contributed by atoms with Crippen LogP contribution in [0.3, 0.4) is 0 Å². The van der Waals surface area contributed by atoms with Gasteiger partial charge in [-0.25, -0.2) is 8.42 Å². The van der Waals surface area contributed by atoms with E-state index in [2.05, 4.69) is 5.32 Å². The molecule has 3 nitrogen and oxygen atoms in total. The predicted molar refractivity (Wildman–Crippen MR) is 59.8 cm³/mol. The molecule has 0 amide bonds. The lowest BCUT2D eigenvalue weighted by Crippen LogP contribution is -2.29. The lowest BCUT2D eigenvalue weighted by molar-refractivity contribution is 0.581. The quantitative estimate of drug-likeness (QED) is 0.814. The van der Waals surface area contributed by atoms with Gasteiger partial charge in [-0.05, 0) is 37.6 Å². The standard InChI is InChI=1S/C11H15NO2S/c1-8-4-3-5-11-10(8)6-9(7-12-2)15(11,13)14/h3-5,9,12H,6-7H2,1-2H3. The van der Waals surface area contributed by atoms with Crippen LogP contribution in [0, 0.1) is 6.92 Å². The molecule has 1 heterocycles. The summed E-state index contributed by atoms with van der Waals surface area (Å²) < 4.78 is 24.2. The van der Waals surface area contributed by atoms with Gasteiger partial charge >= 0.3 is 0 Å². The molecule has 4 heteroatoms. The molecule has 1 aromatic rings. The fourth-order valence-corrected chi connectivity index (χ4v) is 4.12. The number of benzene rings is 1. The van der Waals surface area contributed by atoms with Crippen molar-refractivity contribution in [1.29, 1.82) is 0 Å². The summed E-state index contributed by atoms with van der Waals surface area (Å²) in [4.78, 5) is 0.530. The Morgan fingerprint density at radius 3 is 2.80 bits per heavy atom. The topological polar surface area (TPSA) is 46.2 Å². The van der Waals surface area contributed by atoms with Crippen molar-refractivity contribution in [3.05, 3.63) is 29.3 Å². The van der Waals surface area contributed by atoms with Gasteiger partial charge in [0.05, 0.1) is 10.1 Å². The Bertz CT molecular complexity index is 479. The van der Waals surface area contributed by atoms with Crippen molar-refractivity contribution in [1.82, 2.24) is 5.32 Å². The molecule has 2 rings (SSSR count). The van der Waals surface area contributed by atoms with Crippen LogP contribution in [0.15, 0.2) is 23.1 Å². The smallest absolute Gasteiger partial charge is 0.183 e. The molecule has 82 valence electrons. The van der Waals surface area contributed by atoms with Crippen LogP contribution in [0.2, 0.25) is 0 Å². The van der Waals surface area contributed by atoms with E-state index in [4.69, 9.17) is 0 Å². The van der Waals surface area contributed by atoms with Crippen LogP contribution in [-0.2, 0) is 16.3 Å². The Labute approximate surface area is 90.4 Å². The molecular weight excluding hydrogens is 210 g/mol. The average Bonchev–Trinajstić information content (AvgIpc) is 2.43. The van der Waals surface area contributed by atoms with Gasteiger partial charge in [-0.1, -0.05) is 12.1 Å². The van der Waals surface area contributed by atoms with Crippen LogP contribution in [-0.4, -0.2) is 27.3 Å². The molecule has 15 heavy (non-hydrogen) atoms. The zero-order valence-electron chi connectivity index (χ0n) is 8.95. The first-order valence-corrected chi connectivity index (χ1v) is 6.59. The molecule has 0 aromatic heterocycles. The number of aryl methyl sites for hydroxylation is 1. The van der Waals surface area contributed by atoms with E-state index in [1.54, 1.807) is 13.1 Å². The minimum atomic E-state index is -3.09. The third-order valence-electron chi connectivity index (χ3n) is 2.98. The Kier molecular flexibility index (Phi) is 2.56. The second-order valence-corrected chi connectivity index (χ2v) is 6.18. The highest BCUT2D eigenvalue weighted by molar-refractivity contribution is 7.92. The van der Waals surface area contributed by atoms with Crippen molar-refractivity contribution in [3.8, 4) is 0 Å². The fourth-order valence-electron chi connectivity index (χ4n) is 2.13. The zero-order valence-corrected chi connectivity index (χ0v) is 9.76. The van der Waals surface area contributed by atoms with Crippen LogP contribution in [0.5, 0.6) is 0 Å². The Balaban J connectivity index is 2.52. The molecule has 0 radical (unpaired) electrons. The minimum absolute atomic E-state index is 0.293. The molecule has 1 N–H and O–H groups in total. The van der Waals surface area contributed by atoms with Crippen molar-refractivity contribution >= 4 is 9.84 Å². The first-order chi connectivity index (χ1) is 7.07. The van der Waals surface area contributed by atoms with Gasteiger partial charge in [-0.3, -0.25) is 0 Å². The Morgan fingerprint density at radius 2 is 2.20 bits per heavy atom. The Morgan fingerprint density at radius 1 is 1.47 bits per heavy atom. The van der Waals surface area contributed by atoms with E-state index in [1.165, 1.54) is 0 Å². The maximum absolute atomic E-state index is 12.1. The van der Waals surface area contributed by atoms with E-state index in [0.717, 1.165) is 11.1 Å². The monoisotopic (exact) mass is 225 g/mol. The summed E-state index contributed by atoms with van der Waals surface area (Å²) in [5.41, 5.74) is 2.08. The zero-order chi connectivity index (χ0) is 11.1. The van der Waals surface area contributed by atoms with Gasteiger partial charge in [-0.2, -0.15) is 0 Å². The van der Waals surface area contributed by atoms with Gasteiger partial charge in [0.15, 0.2) is 9.84 Å². The number of hydrogen-bond donors (Lipinski definition) is 1. The molecule has 0 saturated carbocycles. The van der Waals surface area contributed by atoms with Crippen LogP contribution in [0.1, 0.15) is 11.1 Å². The van der Waals surface area contributed by atoms with Crippen LogP contribution < -0.4 is 5.32 Å². The molecule has 0 saturated heterocycles. The number of nitrogens with one attached hydrogen (secondary N) is 1. The van der Waals surface area contributed by atoms with E-state index < -0.39 is 9.84 Å². The lowest BCUT2D eigenvalue weighted by Gasteiger charge is -2.07. The highest BCUT2D eigenvalue weighted by Gasteiger charge is 2.36. The number of hydrogen-bond acceptors (Lipinski definition) is 3. The molecule has 1 atom stereocenters. The number of fused-ring (bicyclic) bond motifs is 1. The van der Waals surface area contributed by atoms with E-state index in [0.29, 0.717) is 17.9 Å². The van der Waals surface area contributed by atoms with E-state index in [1.807, 2.05) is 19.1 Å². The first kappa shape index (κ1) is 10.6. The molecule has 0 fully saturated rings. The predicted octanol–water partition coefficient (Wildman–Crippen LogP) is 0.913. The van der Waals surface area contributed by atoms with Gasteiger partial charge in [-0.15, -0.1) is 0 Å². The van der Waals surface area contributed by atoms with Gasteiger partial charge in [0.25, 0.3) is 0 Å². The van der Waals surface area contributed by atoms with Gasteiger partial charge in [0.1, 0.15) is 0 Å². The molecule has 0 bridgehead atoms.